The van der Waals surface area contributed by atoms with Gasteiger partial charge in [0.25, 0.3) is 5.91 Å². The lowest BCUT2D eigenvalue weighted by molar-refractivity contribution is -0.113. The molecule has 4 rings (SSSR count). The van der Waals surface area contributed by atoms with E-state index in [9.17, 15) is 9.59 Å². The fourth-order valence-electron chi connectivity index (χ4n) is 2.88. The van der Waals surface area contributed by atoms with Gasteiger partial charge in [0.2, 0.25) is 0 Å². The standard InChI is InChI=1S/C23H13ClINO3S2/c24-15-4-3-5-16(13-15)26-21(27)20(31-23(26)30)12-14-8-10-17(11-9-14)29-22(28)18-6-1-2-7-19(18)25/h1-13H/b20-12-. The first-order chi connectivity index (χ1) is 14.9. The molecule has 1 amide bonds. The van der Waals surface area contributed by atoms with Crippen LogP contribution >= 0.6 is 58.2 Å². The van der Waals surface area contributed by atoms with Crippen LogP contribution in [-0.4, -0.2) is 16.2 Å². The van der Waals surface area contributed by atoms with E-state index < -0.39 is 5.97 Å². The number of hydrogen-bond acceptors (Lipinski definition) is 5. The van der Waals surface area contributed by atoms with Gasteiger partial charge in [-0.3, -0.25) is 9.69 Å². The summed E-state index contributed by atoms with van der Waals surface area (Å²) < 4.78 is 6.72. The van der Waals surface area contributed by atoms with Crippen LogP contribution in [0.3, 0.4) is 0 Å². The molecule has 1 fully saturated rings. The van der Waals surface area contributed by atoms with E-state index in [1.54, 1.807) is 66.7 Å². The Bertz CT molecular complexity index is 1230. The van der Waals surface area contributed by atoms with Gasteiger partial charge in [0.1, 0.15) is 5.75 Å². The number of carbonyl (C=O) groups excluding carboxylic acids is 2. The molecule has 1 saturated heterocycles. The number of amides is 1. The van der Waals surface area contributed by atoms with Crippen LogP contribution in [0.25, 0.3) is 6.08 Å². The number of benzene rings is 3. The van der Waals surface area contributed by atoms with Crippen LogP contribution in [0.1, 0.15) is 15.9 Å². The lowest BCUT2D eigenvalue weighted by Gasteiger charge is -2.14. The largest absolute Gasteiger partial charge is 0.423 e. The molecule has 0 unspecified atom stereocenters. The summed E-state index contributed by atoms with van der Waals surface area (Å²) in [5, 5.41) is 0.533. The molecule has 0 saturated carbocycles. The topological polar surface area (TPSA) is 46.6 Å². The predicted octanol–water partition coefficient (Wildman–Crippen LogP) is 6.57. The van der Waals surface area contributed by atoms with E-state index in [-0.39, 0.29) is 5.91 Å². The van der Waals surface area contributed by atoms with Crippen molar-refractivity contribution in [1.82, 2.24) is 0 Å². The number of carbonyl (C=O) groups is 2. The normalized spacial score (nSPS) is 14.9. The third-order valence-corrected chi connectivity index (χ3v) is 6.82. The van der Waals surface area contributed by atoms with Crippen LogP contribution < -0.4 is 9.64 Å². The van der Waals surface area contributed by atoms with E-state index in [4.69, 9.17) is 28.6 Å². The first kappa shape index (κ1) is 22.0. The molecular formula is C23H13ClINO3S2. The van der Waals surface area contributed by atoms with Crippen molar-refractivity contribution in [3.63, 3.8) is 0 Å². The molecule has 1 aliphatic rings. The summed E-state index contributed by atoms with van der Waals surface area (Å²) in [7, 11) is 0. The number of anilines is 1. The molecule has 31 heavy (non-hydrogen) atoms. The fourth-order valence-corrected chi connectivity index (χ4v) is 4.97. The Morgan fingerprint density at radius 1 is 1.06 bits per heavy atom. The monoisotopic (exact) mass is 577 g/mol. The first-order valence-electron chi connectivity index (χ1n) is 9.03. The van der Waals surface area contributed by atoms with E-state index >= 15 is 0 Å². The number of halogens is 2. The molecule has 8 heteroatoms. The highest BCUT2D eigenvalue weighted by atomic mass is 127. The molecule has 0 spiro atoms. The Morgan fingerprint density at radius 3 is 2.52 bits per heavy atom. The molecule has 1 heterocycles. The van der Waals surface area contributed by atoms with Crippen molar-refractivity contribution in [2.24, 2.45) is 0 Å². The quantitative estimate of drug-likeness (QED) is 0.115. The van der Waals surface area contributed by atoms with Gasteiger partial charge in [-0.05, 0) is 76.7 Å². The SMILES string of the molecule is O=C(Oc1ccc(/C=C2\SC(=S)N(c3cccc(Cl)c3)C2=O)cc1)c1ccccc1I. The predicted molar refractivity (Wildman–Crippen MR) is 138 cm³/mol. The van der Waals surface area contributed by atoms with Crippen molar-refractivity contribution in [3.05, 3.63) is 97.4 Å². The molecule has 0 atom stereocenters. The second-order valence-electron chi connectivity index (χ2n) is 6.44. The minimum absolute atomic E-state index is 0.202. The summed E-state index contributed by atoms with van der Waals surface area (Å²) in [6.07, 6.45) is 1.76. The zero-order valence-electron chi connectivity index (χ0n) is 15.7. The number of thioether (sulfide) groups is 1. The van der Waals surface area contributed by atoms with Crippen LogP contribution in [-0.2, 0) is 4.79 Å². The summed E-state index contributed by atoms with van der Waals surface area (Å²) in [6, 6.07) is 21.2. The highest BCUT2D eigenvalue weighted by molar-refractivity contribution is 14.1. The fraction of sp³-hybridized carbons (Fsp3) is 0. The lowest BCUT2D eigenvalue weighted by atomic mass is 10.2. The lowest BCUT2D eigenvalue weighted by Crippen LogP contribution is -2.27. The molecule has 154 valence electrons. The van der Waals surface area contributed by atoms with Crippen LogP contribution in [0.4, 0.5) is 5.69 Å². The third kappa shape index (κ3) is 5.01. The average Bonchev–Trinajstić information content (AvgIpc) is 3.02. The third-order valence-electron chi connectivity index (χ3n) is 4.34. The maximum atomic E-state index is 12.9. The molecule has 0 aromatic heterocycles. The van der Waals surface area contributed by atoms with Gasteiger partial charge in [0.15, 0.2) is 4.32 Å². The van der Waals surface area contributed by atoms with Crippen LogP contribution in [0.2, 0.25) is 5.02 Å². The summed E-state index contributed by atoms with van der Waals surface area (Å²) in [5.41, 5.74) is 1.94. The summed E-state index contributed by atoms with van der Waals surface area (Å²) in [6.45, 7) is 0. The van der Waals surface area contributed by atoms with Crippen LogP contribution in [0.15, 0.2) is 77.7 Å². The zero-order valence-corrected chi connectivity index (χ0v) is 20.3. The van der Waals surface area contributed by atoms with Crippen LogP contribution in [0, 0.1) is 3.57 Å². The number of thiocarbonyl (C=S) groups is 1. The van der Waals surface area contributed by atoms with Crippen molar-refractivity contribution in [3.8, 4) is 5.75 Å². The molecule has 3 aromatic rings. The highest BCUT2D eigenvalue weighted by Crippen LogP contribution is 2.36. The molecule has 4 nitrogen and oxygen atoms in total. The van der Waals surface area contributed by atoms with E-state index in [0.29, 0.717) is 31.2 Å². The first-order valence-corrected chi connectivity index (χ1v) is 11.7. The van der Waals surface area contributed by atoms with Gasteiger partial charge in [0.05, 0.1) is 16.2 Å². The zero-order chi connectivity index (χ0) is 22.0. The Hall–Kier alpha value is -2.20. The van der Waals surface area contributed by atoms with E-state index in [2.05, 4.69) is 22.6 Å². The van der Waals surface area contributed by atoms with Gasteiger partial charge in [-0.25, -0.2) is 4.79 Å². The van der Waals surface area contributed by atoms with Crippen molar-refractivity contribution in [2.75, 3.05) is 4.90 Å². The van der Waals surface area contributed by atoms with Crippen molar-refractivity contribution < 1.29 is 14.3 Å². The molecule has 0 N–H and O–H groups in total. The molecule has 0 radical (unpaired) electrons. The summed E-state index contributed by atoms with van der Waals surface area (Å²) >= 11 is 14.8. The van der Waals surface area contributed by atoms with Gasteiger partial charge >= 0.3 is 5.97 Å². The van der Waals surface area contributed by atoms with Gasteiger partial charge < -0.3 is 4.74 Å². The number of hydrogen-bond donors (Lipinski definition) is 0. The van der Waals surface area contributed by atoms with E-state index in [0.717, 1.165) is 9.13 Å². The number of esters is 1. The van der Waals surface area contributed by atoms with E-state index in [1.807, 2.05) is 12.1 Å². The number of rotatable bonds is 4. The maximum absolute atomic E-state index is 12.9. The molecule has 1 aliphatic heterocycles. The summed E-state index contributed by atoms with van der Waals surface area (Å²) in [5.74, 6) is -0.195. The summed E-state index contributed by atoms with van der Waals surface area (Å²) in [4.78, 5) is 27.2. The van der Waals surface area contributed by atoms with Gasteiger partial charge in [-0.1, -0.05) is 65.9 Å². The van der Waals surface area contributed by atoms with Gasteiger partial charge in [0, 0.05) is 8.59 Å². The Balaban J connectivity index is 1.49. The molecule has 0 bridgehead atoms. The van der Waals surface area contributed by atoms with Gasteiger partial charge in [-0.2, -0.15) is 0 Å². The van der Waals surface area contributed by atoms with Gasteiger partial charge in [-0.15, -0.1) is 0 Å². The molecule has 3 aromatic carbocycles. The smallest absolute Gasteiger partial charge is 0.344 e. The Morgan fingerprint density at radius 2 is 1.81 bits per heavy atom. The number of nitrogens with zero attached hydrogens (tertiary/aromatic N) is 1. The van der Waals surface area contributed by atoms with Crippen LogP contribution in [0.5, 0.6) is 5.75 Å². The second-order valence-corrected chi connectivity index (χ2v) is 9.71. The Kier molecular flexibility index (Phi) is 6.76. The maximum Gasteiger partial charge on any atom is 0.344 e. The minimum Gasteiger partial charge on any atom is -0.423 e. The van der Waals surface area contributed by atoms with Crippen molar-refractivity contribution in [2.45, 2.75) is 0 Å². The molecule has 0 aliphatic carbocycles. The minimum atomic E-state index is -0.417. The second kappa shape index (κ2) is 9.52. The van der Waals surface area contributed by atoms with Crippen molar-refractivity contribution >= 4 is 86.1 Å². The highest BCUT2D eigenvalue weighted by Gasteiger charge is 2.33. The van der Waals surface area contributed by atoms with E-state index in [1.165, 1.54) is 16.7 Å². The number of ether oxygens (including phenoxy) is 1. The molecular weight excluding hydrogens is 565 g/mol. The Labute approximate surface area is 207 Å². The average molecular weight is 578 g/mol. The van der Waals surface area contributed by atoms with Crippen molar-refractivity contribution in [1.29, 1.82) is 0 Å².